The number of carbonyl (C=O) groups is 1. The van der Waals surface area contributed by atoms with Crippen molar-refractivity contribution in [3.63, 3.8) is 0 Å². The largest absolute Gasteiger partial charge is 0.484 e. The fourth-order valence-corrected chi connectivity index (χ4v) is 2.75. The number of nitrogens with one attached hydrogen (secondary N) is 1. The molecule has 0 bridgehead atoms. The Hall–Kier alpha value is -2.40. The van der Waals surface area contributed by atoms with E-state index in [0.29, 0.717) is 16.8 Å². The van der Waals surface area contributed by atoms with Crippen LogP contribution in [-0.4, -0.2) is 17.5 Å². The number of allylic oxidation sites excluding steroid dienone is 4. The van der Waals surface area contributed by atoms with Crippen molar-refractivity contribution in [3.05, 3.63) is 59.6 Å². The molecule has 0 aliphatic heterocycles. The third-order valence-electron chi connectivity index (χ3n) is 3.72. The number of carbonyl (C=O) groups excluding carboxylic acids is 1. The average molecular weight is 356 g/mol. The number of hydrogen-bond donors (Lipinski definition) is 1. The molecule has 0 fully saturated rings. The van der Waals surface area contributed by atoms with E-state index in [1.165, 1.54) is 11.3 Å². The van der Waals surface area contributed by atoms with Crippen LogP contribution in [0.3, 0.4) is 0 Å². The van der Waals surface area contributed by atoms with E-state index >= 15 is 0 Å². The van der Waals surface area contributed by atoms with Gasteiger partial charge in [-0.05, 0) is 30.5 Å². The number of nitrogens with zero attached hydrogens (tertiary/aromatic N) is 1. The van der Waals surface area contributed by atoms with Crippen molar-refractivity contribution >= 4 is 27.9 Å². The van der Waals surface area contributed by atoms with Gasteiger partial charge in [-0.1, -0.05) is 56.7 Å². The fourth-order valence-electron chi connectivity index (χ4n) is 2.02. The first-order valence-electron chi connectivity index (χ1n) is 8.40. The zero-order valence-corrected chi connectivity index (χ0v) is 15.7. The predicted molar refractivity (Wildman–Crippen MR) is 105 cm³/mol. The van der Waals surface area contributed by atoms with Crippen molar-refractivity contribution in [2.45, 2.75) is 27.2 Å². The summed E-state index contributed by atoms with van der Waals surface area (Å²) in [6, 6.07) is 9.27. The standard InChI is InChI=1S/C20H24N2O2S/c1-4-15(3)11-12-16(5-2)18-14-25-20(21-18)22-19(23)13-24-17-9-7-6-8-10-17/h5-12,14-15H,4,13H2,1-3H3,(H,21,22,23)/b12-11-,16-5+. The third kappa shape index (κ3) is 6.19. The lowest BCUT2D eigenvalue weighted by Crippen LogP contribution is -2.20. The molecule has 132 valence electrons. The summed E-state index contributed by atoms with van der Waals surface area (Å²) >= 11 is 1.41. The second-order valence-electron chi connectivity index (χ2n) is 5.68. The van der Waals surface area contributed by atoms with Crippen molar-refractivity contribution in [2.75, 3.05) is 11.9 Å². The van der Waals surface area contributed by atoms with Crippen LogP contribution >= 0.6 is 11.3 Å². The number of amides is 1. The topological polar surface area (TPSA) is 51.2 Å². The Morgan fingerprint density at radius 2 is 2.12 bits per heavy atom. The van der Waals surface area contributed by atoms with E-state index in [1.54, 1.807) is 0 Å². The normalized spacial score (nSPS) is 13.0. The second kappa shape index (κ2) is 9.79. The maximum Gasteiger partial charge on any atom is 0.264 e. The van der Waals surface area contributed by atoms with Crippen LogP contribution in [0.4, 0.5) is 5.13 Å². The summed E-state index contributed by atoms with van der Waals surface area (Å²) in [5.41, 5.74) is 1.92. The number of ether oxygens (including phenoxy) is 1. The molecule has 2 aromatic rings. The Morgan fingerprint density at radius 1 is 1.36 bits per heavy atom. The van der Waals surface area contributed by atoms with E-state index in [2.05, 4.69) is 36.3 Å². The first kappa shape index (κ1) is 18.9. The van der Waals surface area contributed by atoms with E-state index in [4.69, 9.17) is 4.74 Å². The number of benzene rings is 1. The van der Waals surface area contributed by atoms with Crippen LogP contribution in [0.15, 0.2) is 53.9 Å². The highest BCUT2D eigenvalue weighted by molar-refractivity contribution is 7.14. The Balaban J connectivity index is 1.91. The van der Waals surface area contributed by atoms with Crippen molar-refractivity contribution in [3.8, 4) is 5.75 Å². The molecule has 0 saturated carbocycles. The lowest BCUT2D eigenvalue weighted by Gasteiger charge is -2.05. The summed E-state index contributed by atoms with van der Waals surface area (Å²) in [5.74, 6) is 0.980. The molecule has 25 heavy (non-hydrogen) atoms. The monoisotopic (exact) mass is 356 g/mol. The van der Waals surface area contributed by atoms with Crippen LogP contribution in [0, 0.1) is 5.92 Å². The van der Waals surface area contributed by atoms with E-state index < -0.39 is 0 Å². The first-order chi connectivity index (χ1) is 12.1. The molecule has 0 aliphatic rings. The minimum absolute atomic E-state index is 0.0384. The molecule has 2 rings (SSSR count). The number of rotatable bonds is 8. The van der Waals surface area contributed by atoms with Gasteiger partial charge in [-0.15, -0.1) is 11.3 Å². The molecule has 1 aromatic heterocycles. The van der Waals surface area contributed by atoms with Crippen LogP contribution in [0.1, 0.15) is 32.9 Å². The van der Waals surface area contributed by atoms with Gasteiger partial charge in [0.05, 0.1) is 5.69 Å². The van der Waals surface area contributed by atoms with Crippen molar-refractivity contribution in [2.24, 2.45) is 5.92 Å². The van der Waals surface area contributed by atoms with Gasteiger partial charge < -0.3 is 4.74 Å². The van der Waals surface area contributed by atoms with Gasteiger partial charge in [0.1, 0.15) is 5.75 Å². The molecule has 0 aliphatic carbocycles. The Labute approximate surface area is 153 Å². The second-order valence-corrected chi connectivity index (χ2v) is 6.53. The maximum absolute atomic E-state index is 12.0. The van der Waals surface area contributed by atoms with Crippen molar-refractivity contribution in [1.82, 2.24) is 4.98 Å². The summed E-state index contributed by atoms with van der Waals surface area (Å²) in [5, 5.41) is 5.30. The molecular weight excluding hydrogens is 332 g/mol. The summed E-state index contributed by atoms with van der Waals surface area (Å²) in [4.78, 5) is 16.5. The van der Waals surface area contributed by atoms with Gasteiger partial charge in [0.15, 0.2) is 11.7 Å². The van der Waals surface area contributed by atoms with Crippen molar-refractivity contribution in [1.29, 1.82) is 0 Å². The summed E-state index contributed by atoms with van der Waals surface area (Å²) in [7, 11) is 0. The summed E-state index contributed by atoms with van der Waals surface area (Å²) < 4.78 is 5.43. The number of aromatic nitrogens is 1. The van der Waals surface area contributed by atoms with Gasteiger partial charge in [-0.25, -0.2) is 4.98 Å². The molecule has 1 aromatic carbocycles. The third-order valence-corrected chi connectivity index (χ3v) is 4.48. The zero-order valence-electron chi connectivity index (χ0n) is 14.9. The number of anilines is 1. The molecular formula is C20H24N2O2S. The molecule has 1 heterocycles. The Morgan fingerprint density at radius 3 is 2.80 bits per heavy atom. The molecule has 0 spiro atoms. The fraction of sp³-hybridized carbons (Fsp3) is 0.300. The molecule has 4 nitrogen and oxygen atoms in total. The SMILES string of the molecule is C/C=C(\C=C/C(C)CC)c1csc(NC(=O)COc2ccccc2)n1. The lowest BCUT2D eigenvalue weighted by atomic mass is 10.1. The van der Waals surface area contributed by atoms with Gasteiger partial charge in [0, 0.05) is 5.38 Å². The van der Waals surface area contributed by atoms with E-state index in [0.717, 1.165) is 17.7 Å². The highest BCUT2D eigenvalue weighted by Gasteiger charge is 2.09. The Bertz CT molecular complexity index is 735. The maximum atomic E-state index is 12.0. The van der Waals surface area contributed by atoms with Crippen LogP contribution < -0.4 is 10.1 Å². The molecule has 0 radical (unpaired) electrons. The Kier molecular flexibility index (Phi) is 7.41. The summed E-state index contributed by atoms with van der Waals surface area (Å²) in [6.45, 7) is 6.30. The molecule has 1 amide bonds. The molecule has 1 atom stereocenters. The quantitative estimate of drug-likeness (QED) is 0.664. The molecule has 5 heteroatoms. The first-order valence-corrected chi connectivity index (χ1v) is 9.28. The summed E-state index contributed by atoms with van der Waals surface area (Å²) in [6.07, 6.45) is 7.40. The van der Waals surface area contributed by atoms with Crippen LogP contribution in [0.25, 0.3) is 5.57 Å². The molecule has 1 unspecified atom stereocenters. The van der Waals surface area contributed by atoms with Crippen LogP contribution in [0.2, 0.25) is 0 Å². The number of hydrogen-bond acceptors (Lipinski definition) is 4. The van der Waals surface area contributed by atoms with Gasteiger partial charge in [0.2, 0.25) is 0 Å². The van der Waals surface area contributed by atoms with Gasteiger partial charge in [-0.3, -0.25) is 10.1 Å². The minimum atomic E-state index is -0.220. The van der Waals surface area contributed by atoms with Crippen molar-refractivity contribution < 1.29 is 9.53 Å². The van der Waals surface area contributed by atoms with E-state index in [9.17, 15) is 4.79 Å². The highest BCUT2D eigenvalue weighted by Crippen LogP contribution is 2.23. The average Bonchev–Trinajstić information content (AvgIpc) is 3.09. The van der Waals surface area contributed by atoms with Gasteiger partial charge >= 0.3 is 0 Å². The van der Waals surface area contributed by atoms with Crippen LogP contribution in [0.5, 0.6) is 5.75 Å². The van der Waals surface area contributed by atoms with Gasteiger partial charge in [0.25, 0.3) is 5.91 Å². The smallest absolute Gasteiger partial charge is 0.264 e. The number of thiazole rings is 1. The lowest BCUT2D eigenvalue weighted by molar-refractivity contribution is -0.118. The minimum Gasteiger partial charge on any atom is -0.484 e. The number of para-hydroxylation sites is 1. The van der Waals surface area contributed by atoms with Crippen LogP contribution in [-0.2, 0) is 4.79 Å². The van der Waals surface area contributed by atoms with Gasteiger partial charge in [-0.2, -0.15) is 0 Å². The van der Waals surface area contributed by atoms with E-state index in [1.807, 2.05) is 48.7 Å². The zero-order chi connectivity index (χ0) is 18.1. The molecule has 0 saturated heterocycles. The van der Waals surface area contributed by atoms with E-state index in [-0.39, 0.29) is 12.5 Å². The highest BCUT2D eigenvalue weighted by atomic mass is 32.1. The predicted octanol–water partition coefficient (Wildman–Crippen LogP) is 5.17. The molecule has 1 N–H and O–H groups in total.